The molecule has 0 bridgehead atoms. The van der Waals surface area contributed by atoms with Crippen LogP contribution in [0.1, 0.15) is 6.92 Å². The summed E-state index contributed by atoms with van der Waals surface area (Å²) in [4.78, 5) is 22.9. The van der Waals surface area contributed by atoms with Crippen molar-refractivity contribution >= 4 is 17.3 Å². The highest BCUT2D eigenvalue weighted by atomic mass is 16.6. The van der Waals surface area contributed by atoms with Gasteiger partial charge in [0.05, 0.1) is 4.92 Å². The highest BCUT2D eigenvalue weighted by molar-refractivity contribution is 6.04. The molecule has 1 aromatic rings. The van der Waals surface area contributed by atoms with Gasteiger partial charge in [-0.3, -0.25) is 14.9 Å². The third-order valence-corrected chi connectivity index (χ3v) is 2.12. The summed E-state index contributed by atoms with van der Waals surface area (Å²) < 4.78 is 0. The average molecular weight is 220 g/mol. The van der Waals surface area contributed by atoms with E-state index < -0.39 is 4.92 Å². The van der Waals surface area contributed by atoms with Gasteiger partial charge in [-0.25, -0.2) is 0 Å². The molecular formula is C11H12N2O3. The SMILES string of the molecule is C=C(C)C(=O)N(C)c1ccc([N+](=O)[O-])cc1. The number of likely N-dealkylation sites (N-methyl/N-ethyl adjacent to an activating group) is 1. The van der Waals surface area contributed by atoms with E-state index in [1.807, 2.05) is 0 Å². The first-order valence-electron chi connectivity index (χ1n) is 4.61. The largest absolute Gasteiger partial charge is 0.312 e. The van der Waals surface area contributed by atoms with Gasteiger partial charge < -0.3 is 4.90 Å². The summed E-state index contributed by atoms with van der Waals surface area (Å²) >= 11 is 0. The van der Waals surface area contributed by atoms with Crippen molar-refractivity contribution < 1.29 is 9.72 Å². The van der Waals surface area contributed by atoms with Crippen molar-refractivity contribution in [2.24, 2.45) is 0 Å². The number of non-ortho nitro benzene ring substituents is 1. The Labute approximate surface area is 93.1 Å². The molecule has 0 aliphatic heterocycles. The Hall–Kier alpha value is -2.17. The number of nitro groups is 1. The van der Waals surface area contributed by atoms with Crippen LogP contribution in [-0.4, -0.2) is 17.9 Å². The van der Waals surface area contributed by atoms with Crippen molar-refractivity contribution in [2.45, 2.75) is 6.92 Å². The standard InChI is InChI=1S/C11H12N2O3/c1-8(2)11(14)12(3)9-4-6-10(7-5-9)13(15)16/h4-7H,1H2,2-3H3. The van der Waals surface area contributed by atoms with E-state index in [-0.39, 0.29) is 11.6 Å². The Kier molecular flexibility index (Phi) is 3.40. The molecule has 0 unspecified atom stereocenters. The number of hydrogen-bond donors (Lipinski definition) is 0. The maximum Gasteiger partial charge on any atom is 0.269 e. The van der Waals surface area contributed by atoms with Crippen LogP contribution in [0.3, 0.4) is 0 Å². The smallest absolute Gasteiger partial charge is 0.269 e. The van der Waals surface area contributed by atoms with Crippen LogP contribution in [0, 0.1) is 10.1 Å². The van der Waals surface area contributed by atoms with Crippen molar-refractivity contribution in [3.63, 3.8) is 0 Å². The molecule has 0 aromatic heterocycles. The van der Waals surface area contributed by atoms with Gasteiger partial charge in [0.2, 0.25) is 0 Å². The minimum absolute atomic E-state index is 0.0000704. The monoisotopic (exact) mass is 220 g/mol. The molecule has 1 aromatic carbocycles. The summed E-state index contributed by atoms with van der Waals surface area (Å²) in [6.45, 7) is 5.16. The fourth-order valence-corrected chi connectivity index (χ4v) is 1.20. The predicted molar refractivity (Wildman–Crippen MR) is 61.3 cm³/mol. The van der Waals surface area contributed by atoms with Gasteiger partial charge in [0.1, 0.15) is 0 Å². The number of benzene rings is 1. The summed E-state index contributed by atoms with van der Waals surface area (Å²) in [5.41, 5.74) is 1.01. The lowest BCUT2D eigenvalue weighted by Crippen LogP contribution is -2.26. The molecule has 84 valence electrons. The zero-order valence-electron chi connectivity index (χ0n) is 9.14. The number of amides is 1. The second-order valence-corrected chi connectivity index (χ2v) is 3.42. The van der Waals surface area contributed by atoms with Gasteiger partial charge in [-0.15, -0.1) is 0 Å². The Morgan fingerprint density at radius 2 is 1.88 bits per heavy atom. The van der Waals surface area contributed by atoms with Gasteiger partial charge in [0.25, 0.3) is 11.6 Å². The molecule has 1 amide bonds. The minimum atomic E-state index is -0.482. The van der Waals surface area contributed by atoms with Crippen molar-refractivity contribution in [1.29, 1.82) is 0 Å². The molecule has 0 aliphatic rings. The van der Waals surface area contributed by atoms with E-state index in [2.05, 4.69) is 6.58 Å². The van der Waals surface area contributed by atoms with Crippen molar-refractivity contribution in [3.8, 4) is 0 Å². The second kappa shape index (κ2) is 4.57. The highest BCUT2D eigenvalue weighted by Gasteiger charge is 2.12. The molecule has 0 N–H and O–H groups in total. The van der Waals surface area contributed by atoms with E-state index in [1.54, 1.807) is 14.0 Å². The number of carbonyl (C=O) groups excluding carboxylic acids is 1. The number of carbonyl (C=O) groups is 1. The molecular weight excluding hydrogens is 208 g/mol. The zero-order valence-corrected chi connectivity index (χ0v) is 9.14. The van der Waals surface area contributed by atoms with Gasteiger partial charge in [-0.2, -0.15) is 0 Å². The number of anilines is 1. The van der Waals surface area contributed by atoms with Crippen LogP contribution in [-0.2, 0) is 4.79 Å². The quantitative estimate of drug-likeness (QED) is 0.445. The van der Waals surface area contributed by atoms with Crippen molar-refractivity contribution in [2.75, 3.05) is 11.9 Å². The summed E-state index contributed by atoms with van der Waals surface area (Å²) in [5.74, 6) is -0.214. The second-order valence-electron chi connectivity index (χ2n) is 3.42. The maximum atomic E-state index is 11.6. The normalized spacial score (nSPS) is 9.62. The summed E-state index contributed by atoms with van der Waals surface area (Å²) in [5, 5.41) is 10.4. The first-order chi connectivity index (χ1) is 7.43. The third-order valence-electron chi connectivity index (χ3n) is 2.12. The lowest BCUT2D eigenvalue weighted by atomic mass is 10.2. The molecule has 0 atom stereocenters. The highest BCUT2D eigenvalue weighted by Crippen LogP contribution is 2.19. The summed E-state index contributed by atoms with van der Waals surface area (Å²) in [7, 11) is 1.60. The molecule has 1 rings (SSSR count). The number of rotatable bonds is 3. The van der Waals surface area contributed by atoms with Gasteiger partial charge in [0.15, 0.2) is 0 Å². The van der Waals surface area contributed by atoms with Gasteiger partial charge in [-0.1, -0.05) is 6.58 Å². The van der Waals surface area contributed by atoms with Crippen molar-refractivity contribution in [1.82, 2.24) is 0 Å². The fourth-order valence-electron chi connectivity index (χ4n) is 1.20. The van der Waals surface area contributed by atoms with Crippen LogP contribution in [0.5, 0.6) is 0 Å². The summed E-state index contributed by atoms with van der Waals surface area (Å²) in [6, 6.07) is 5.77. The van der Waals surface area contributed by atoms with Crippen LogP contribution in [0.2, 0.25) is 0 Å². The Bertz CT molecular complexity index is 437. The first kappa shape index (κ1) is 11.9. The van der Waals surface area contributed by atoms with E-state index >= 15 is 0 Å². The Morgan fingerprint density at radius 3 is 2.25 bits per heavy atom. The zero-order chi connectivity index (χ0) is 12.3. The lowest BCUT2D eigenvalue weighted by molar-refractivity contribution is -0.384. The van der Waals surface area contributed by atoms with E-state index in [4.69, 9.17) is 0 Å². The van der Waals surface area contributed by atoms with E-state index in [0.29, 0.717) is 11.3 Å². The van der Waals surface area contributed by atoms with Crippen molar-refractivity contribution in [3.05, 3.63) is 46.5 Å². The topological polar surface area (TPSA) is 63.5 Å². The van der Waals surface area contributed by atoms with Crippen LogP contribution in [0.25, 0.3) is 0 Å². The minimum Gasteiger partial charge on any atom is -0.312 e. The average Bonchev–Trinajstić information content (AvgIpc) is 2.27. The fraction of sp³-hybridized carbons (Fsp3) is 0.182. The van der Waals surface area contributed by atoms with E-state index in [1.165, 1.54) is 29.2 Å². The summed E-state index contributed by atoms with van der Waals surface area (Å²) in [6.07, 6.45) is 0. The van der Waals surface area contributed by atoms with E-state index in [0.717, 1.165) is 0 Å². The van der Waals surface area contributed by atoms with E-state index in [9.17, 15) is 14.9 Å². The third kappa shape index (κ3) is 2.44. The molecule has 0 heterocycles. The molecule has 16 heavy (non-hydrogen) atoms. The van der Waals surface area contributed by atoms with Crippen LogP contribution < -0.4 is 4.90 Å². The molecule has 5 nitrogen and oxygen atoms in total. The lowest BCUT2D eigenvalue weighted by Gasteiger charge is -2.16. The predicted octanol–water partition coefficient (Wildman–Crippen LogP) is 2.13. The first-order valence-corrected chi connectivity index (χ1v) is 4.61. The van der Waals surface area contributed by atoms with Gasteiger partial charge >= 0.3 is 0 Å². The number of hydrogen-bond acceptors (Lipinski definition) is 3. The van der Waals surface area contributed by atoms with Crippen LogP contribution in [0.4, 0.5) is 11.4 Å². The molecule has 0 fully saturated rings. The molecule has 0 spiro atoms. The number of nitrogens with zero attached hydrogens (tertiary/aromatic N) is 2. The molecule has 0 saturated heterocycles. The van der Waals surface area contributed by atoms with Crippen LogP contribution >= 0.6 is 0 Å². The molecule has 0 saturated carbocycles. The van der Waals surface area contributed by atoms with Gasteiger partial charge in [-0.05, 0) is 19.1 Å². The molecule has 5 heteroatoms. The Morgan fingerprint density at radius 1 is 1.38 bits per heavy atom. The Balaban J connectivity index is 2.94. The van der Waals surface area contributed by atoms with Gasteiger partial charge in [0, 0.05) is 30.4 Å². The number of nitro benzene ring substituents is 1. The molecule has 0 radical (unpaired) electrons. The van der Waals surface area contributed by atoms with Crippen LogP contribution in [0.15, 0.2) is 36.4 Å². The molecule has 0 aliphatic carbocycles. The maximum absolute atomic E-state index is 11.6.